The molecule has 8 nitrogen and oxygen atoms in total. The van der Waals surface area contributed by atoms with Gasteiger partial charge >= 0.3 is 17.9 Å². The monoisotopic (exact) mass is 668 g/mol. The van der Waals surface area contributed by atoms with E-state index in [2.05, 4.69) is 15.9 Å². The van der Waals surface area contributed by atoms with E-state index in [-0.39, 0.29) is 29.3 Å². The fourth-order valence-corrected chi connectivity index (χ4v) is 10.2. The molecule has 0 spiro atoms. The molecule has 0 unspecified atom stereocenters. The Labute approximate surface area is 267 Å². The first-order valence-corrected chi connectivity index (χ1v) is 15.9. The number of ketones is 1. The van der Waals surface area contributed by atoms with Crippen LogP contribution in [0.2, 0.25) is 0 Å². The zero-order chi connectivity index (χ0) is 32.6. The van der Waals surface area contributed by atoms with Crippen molar-refractivity contribution < 1.29 is 38.2 Å². The van der Waals surface area contributed by atoms with E-state index >= 15 is 0 Å². The summed E-state index contributed by atoms with van der Waals surface area (Å²) >= 11 is 3.37. The number of esters is 3. The predicted octanol–water partition coefficient (Wildman–Crippen LogP) is 6.56. The lowest BCUT2D eigenvalue weighted by molar-refractivity contribution is -0.217. The summed E-state index contributed by atoms with van der Waals surface area (Å²) in [4.78, 5) is 68.0. The van der Waals surface area contributed by atoms with Crippen molar-refractivity contribution in [3.05, 3.63) is 57.3 Å². The fourth-order valence-electron chi connectivity index (χ4n) is 9.91. The van der Waals surface area contributed by atoms with Gasteiger partial charge in [0, 0.05) is 27.8 Å². The van der Waals surface area contributed by atoms with E-state index in [1.54, 1.807) is 38.1 Å². The van der Waals surface area contributed by atoms with Crippen molar-refractivity contribution in [2.24, 2.45) is 38.9 Å². The number of hydrogen-bond donors (Lipinski definition) is 0. The zero-order valence-corrected chi connectivity index (χ0v) is 28.3. The van der Waals surface area contributed by atoms with Gasteiger partial charge in [-0.25, -0.2) is 4.79 Å². The van der Waals surface area contributed by atoms with Gasteiger partial charge in [0.15, 0.2) is 11.2 Å². The molecule has 5 rings (SSSR count). The van der Waals surface area contributed by atoms with E-state index in [1.165, 1.54) is 14.0 Å². The smallest absolute Gasteiger partial charge is 0.343 e. The van der Waals surface area contributed by atoms with Crippen molar-refractivity contribution in [2.75, 3.05) is 7.11 Å². The van der Waals surface area contributed by atoms with E-state index in [4.69, 9.17) is 14.2 Å². The number of halogens is 1. The summed E-state index contributed by atoms with van der Waals surface area (Å²) < 4.78 is 18.1. The molecule has 4 aliphatic rings. The van der Waals surface area contributed by atoms with E-state index in [9.17, 15) is 24.0 Å². The molecule has 1 aromatic carbocycles. The lowest BCUT2D eigenvalue weighted by Crippen LogP contribution is -2.70. The molecule has 2 saturated carbocycles. The molecule has 0 radical (unpaired) electrons. The molecule has 0 heterocycles. The van der Waals surface area contributed by atoms with Crippen LogP contribution < -0.4 is 0 Å². The highest BCUT2D eigenvalue weighted by atomic mass is 79.9. The molecule has 0 N–H and O–H groups in total. The number of ether oxygens (including phenoxy) is 3. The Morgan fingerprint density at radius 2 is 1.64 bits per heavy atom. The van der Waals surface area contributed by atoms with Gasteiger partial charge < -0.3 is 19.0 Å². The zero-order valence-electron chi connectivity index (χ0n) is 26.7. The third-order valence-electron chi connectivity index (χ3n) is 12.0. The van der Waals surface area contributed by atoms with Crippen molar-refractivity contribution in [2.45, 2.75) is 80.3 Å². The summed E-state index contributed by atoms with van der Waals surface area (Å²) in [6.07, 6.45) is 4.57. The molecular formula is C35H41BrO8. The number of fused-ring (bicyclic) bond motifs is 5. The Bertz CT molecular complexity index is 1520. The van der Waals surface area contributed by atoms with Crippen molar-refractivity contribution in [3.63, 3.8) is 0 Å². The van der Waals surface area contributed by atoms with Crippen LogP contribution >= 0.6 is 15.9 Å². The predicted molar refractivity (Wildman–Crippen MR) is 165 cm³/mol. The minimum atomic E-state index is -1.78. The van der Waals surface area contributed by atoms with Crippen LogP contribution in [0.3, 0.4) is 0 Å². The highest BCUT2D eigenvalue weighted by Gasteiger charge is 2.81. The first-order chi connectivity index (χ1) is 20.5. The lowest BCUT2D eigenvalue weighted by atomic mass is 9.33. The van der Waals surface area contributed by atoms with Gasteiger partial charge in [0.05, 0.1) is 18.1 Å². The minimum Gasteiger partial charge on any atom is -0.468 e. The number of allylic oxidation sites excluding steroid dienone is 3. The number of aldehydes is 1. The standard InChI is InChI=1S/C35H41BrO8/c1-19-17-25-32(6,15-13-24-31(4,5)26(43-21(3)38)14-16-34(24,25)18-37)35(30(41)42-8)27(39)20(2)28(33(19,35)7)44-29(40)22-9-11-23(36)12-10-22/h9-12,17-18,24-26H,13-16H2,1-8H3/t24-,25-,26+,32+,33+,34+,35-/m1/s1. The van der Waals surface area contributed by atoms with Gasteiger partial charge in [0.2, 0.25) is 0 Å². The second-order valence-electron chi connectivity index (χ2n) is 14.1. The molecule has 2 fully saturated rings. The topological polar surface area (TPSA) is 113 Å². The molecule has 0 amide bonds. The third kappa shape index (κ3) is 3.89. The molecule has 0 aliphatic heterocycles. The molecule has 0 aromatic heterocycles. The number of carbonyl (C=O) groups excluding carboxylic acids is 5. The summed E-state index contributed by atoms with van der Waals surface area (Å²) in [5.41, 5.74) is -4.51. The normalized spacial score (nSPS) is 37.2. The molecule has 44 heavy (non-hydrogen) atoms. The first kappa shape index (κ1) is 32.3. The number of hydrogen-bond acceptors (Lipinski definition) is 8. The number of benzene rings is 1. The first-order valence-electron chi connectivity index (χ1n) is 15.2. The van der Waals surface area contributed by atoms with Crippen molar-refractivity contribution in [1.29, 1.82) is 0 Å². The summed E-state index contributed by atoms with van der Waals surface area (Å²) in [6, 6.07) is 6.70. The maximum absolute atomic E-state index is 14.8. The van der Waals surface area contributed by atoms with Gasteiger partial charge in [0.25, 0.3) is 0 Å². The van der Waals surface area contributed by atoms with Crippen LogP contribution in [-0.4, -0.2) is 43.2 Å². The average molecular weight is 670 g/mol. The van der Waals surface area contributed by atoms with Crippen LogP contribution in [-0.2, 0) is 33.4 Å². The Hall–Kier alpha value is -3.07. The Morgan fingerprint density at radius 3 is 2.20 bits per heavy atom. The molecule has 4 aliphatic carbocycles. The summed E-state index contributed by atoms with van der Waals surface area (Å²) in [7, 11) is 1.27. The average Bonchev–Trinajstić information content (AvgIpc) is 3.14. The van der Waals surface area contributed by atoms with Crippen LogP contribution in [0.25, 0.3) is 0 Å². The molecule has 0 saturated heterocycles. The fraction of sp³-hybridized carbons (Fsp3) is 0.571. The maximum atomic E-state index is 14.8. The maximum Gasteiger partial charge on any atom is 0.343 e. The number of rotatable bonds is 5. The second kappa shape index (κ2) is 10.5. The van der Waals surface area contributed by atoms with Gasteiger partial charge in [-0.1, -0.05) is 48.4 Å². The quantitative estimate of drug-likeness (QED) is 0.114. The Morgan fingerprint density at radius 1 is 1.00 bits per heavy atom. The van der Waals surface area contributed by atoms with Crippen LogP contribution in [0, 0.1) is 38.9 Å². The molecule has 7 atom stereocenters. The van der Waals surface area contributed by atoms with Crippen LogP contribution in [0.15, 0.2) is 51.7 Å². The Kier molecular flexibility index (Phi) is 7.71. The van der Waals surface area contributed by atoms with E-state index in [0.29, 0.717) is 36.8 Å². The molecule has 1 aromatic rings. The van der Waals surface area contributed by atoms with Crippen LogP contribution in [0.1, 0.15) is 84.5 Å². The number of carbonyl (C=O) groups is 5. The van der Waals surface area contributed by atoms with Gasteiger partial charge in [-0.3, -0.25) is 14.4 Å². The highest BCUT2D eigenvalue weighted by Crippen LogP contribution is 2.77. The van der Waals surface area contributed by atoms with Crippen molar-refractivity contribution in [3.8, 4) is 0 Å². The number of methoxy groups -OCH3 is 1. The Balaban J connectivity index is 1.70. The summed E-state index contributed by atoms with van der Waals surface area (Å²) in [5.74, 6) is -2.69. The van der Waals surface area contributed by atoms with Crippen molar-refractivity contribution >= 4 is 45.9 Å². The highest BCUT2D eigenvalue weighted by molar-refractivity contribution is 9.10. The SMILES string of the molecule is COC(=O)[C@@]12C(=O)C(C)=C(OC(=O)c3ccc(Br)cc3)[C@]1(C)C(C)=C[C@H]1[C@]3(C=O)CC[C@H](OC(C)=O)C(C)(C)[C@H]3CC[C@@]12C. The van der Waals surface area contributed by atoms with Gasteiger partial charge in [-0.05, 0) is 88.0 Å². The summed E-state index contributed by atoms with van der Waals surface area (Å²) in [5, 5.41) is 0. The van der Waals surface area contributed by atoms with Crippen LogP contribution in [0.4, 0.5) is 0 Å². The largest absolute Gasteiger partial charge is 0.468 e. The molecular weight excluding hydrogens is 628 g/mol. The van der Waals surface area contributed by atoms with Gasteiger partial charge in [0.1, 0.15) is 18.1 Å². The van der Waals surface area contributed by atoms with Gasteiger partial charge in [-0.15, -0.1) is 0 Å². The third-order valence-corrected chi connectivity index (χ3v) is 12.5. The lowest BCUT2D eigenvalue weighted by Gasteiger charge is -2.68. The minimum absolute atomic E-state index is 0.135. The van der Waals surface area contributed by atoms with Gasteiger partial charge in [-0.2, -0.15) is 0 Å². The van der Waals surface area contributed by atoms with E-state index < -0.39 is 50.7 Å². The summed E-state index contributed by atoms with van der Waals surface area (Å²) in [6.45, 7) is 12.6. The van der Waals surface area contributed by atoms with E-state index in [0.717, 1.165) is 10.8 Å². The molecule has 236 valence electrons. The van der Waals surface area contributed by atoms with Crippen molar-refractivity contribution in [1.82, 2.24) is 0 Å². The van der Waals surface area contributed by atoms with E-state index in [1.807, 2.05) is 33.8 Å². The number of Topliss-reactive ketones (excluding diaryl/α,β-unsaturated/α-hetero) is 1. The molecule has 9 heteroatoms. The molecule has 0 bridgehead atoms. The van der Waals surface area contributed by atoms with Crippen LogP contribution in [0.5, 0.6) is 0 Å². The second-order valence-corrected chi connectivity index (χ2v) is 15.0.